The number of hydrogen-bond donors (Lipinski definition) is 0. The largest absolute Gasteiger partial charge is 0.296 e. The molecule has 2 nitrogen and oxygen atoms in total. The Morgan fingerprint density at radius 2 is 1.20 bits per heavy atom. The second-order valence-electron chi connectivity index (χ2n) is 12.6. The molecule has 1 aliphatic carbocycles. The maximum atomic E-state index is 4.96. The zero-order valence-corrected chi connectivity index (χ0v) is 25.2. The van der Waals surface area contributed by atoms with Crippen LogP contribution >= 0.6 is 0 Å². The van der Waals surface area contributed by atoms with Crippen LogP contribution in [0.5, 0.6) is 0 Å². The van der Waals surface area contributed by atoms with Crippen molar-refractivity contribution in [3.63, 3.8) is 0 Å². The Labute approximate surface area is 257 Å². The minimum absolute atomic E-state index is 0.166. The molecule has 2 heteroatoms. The fraction of sp³-hybridized carbons (Fsp3) is 0.119. The van der Waals surface area contributed by atoms with E-state index in [0.29, 0.717) is 0 Å². The molecule has 0 amide bonds. The molecule has 0 saturated heterocycles. The van der Waals surface area contributed by atoms with Gasteiger partial charge in [-0.3, -0.25) is 4.57 Å². The van der Waals surface area contributed by atoms with Gasteiger partial charge in [0.2, 0.25) is 0 Å². The Morgan fingerprint density at radius 3 is 1.95 bits per heavy atom. The van der Waals surface area contributed by atoms with Crippen molar-refractivity contribution in [3.8, 4) is 27.9 Å². The van der Waals surface area contributed by atoms with Gasteiger partial charge < -0.3 is 0 Å². The standard InChI is InChI=1S/C42H32N2/c1-4-38-43-36-22-11-12-23-37(36)44(38)27-15-13-14-26(24-27)34-25-35-39(31-19-8-6-18-30(31)34)40-32-20-9-5-16-28(32)29-17-7-10-21-33(29)41(40)42(35,2)3/h5-25H,4H2,1-3H3. The SMILES string of the molecule is CCc1nc2ccccc2n1-c1cccc(-c2cc3c(c4ccccc24)-c2c(c4ccccc4c4ccccc24)C3(C)C)c1. The number of fused-ring (bicyclic) bond motifs is 11. The second-order valence-corrected chi connectivity index (χ2v) is 12.6. The van der Waals surface area contributed by atoms with Crippen molar-refractivity contribution in [3.05, 3.63) is 144 Å². The van der Waals surface area contributed by atoms with Crippen molar-refractivity contribution in [1.29, 1.82) is 0 Å². The lowest BCUT2D eigenvalue weighted by Crippen LogP contribution is -2.16. The first-order chi connectivity index (χ1) is 21.6. The molecule has 7 aromatic carbocycles. The van der Waals surface area contributed by atoms with E-state index >= 15 is 0 Å². The molecule has 210 valence electrons. The van der Waals surface area contributed by atoms with Gasteiger partial charge in [-0.25, -0.2) is 4.98 Å². The van der Waals surface area contributed by atoms with E-state index in [9.17, 15) is 0 Å². The van der Waals surface area contributed by atoms with Crippen LogP contribution in [0, 0.1) is 0 Å². The zero-order chi connectivity index (χ0) is 29.6. The van der Waals surface area contributed by atoms with Gasteiger partial charge in [-0.05, 0) is 96.0 Å². The third-order valence-electron chi connectivity index (χ3n) is 9.89. The normalized spacial score (nSPS) is 13.6. The van der Waals surface area contributed by atoms with Gasteiger partial charge in [0.1, 0.15) is 5.82 Å². The average molecular weight is 565 g/mol. The van der Waals surface area contributed by atoms with Crippen molar-refractivity contribution in [2.75, 3.05) is 0 Å². The van der Waals surface area contributed by atoms with Gasteiger partial charge in [-0.15, -0.1) is 0 Å². The lowest BCUT2D eigenvalue weighted by atomic mass is 9.78. The Balaban J connectivity index is 1.35. The predicted molar refractivity (Wildman–Crippen MR) is 186 cm³/mol. The molecule has 0 radical (unpaired) electrons. The molecule has 0 spiro atoms. The lowest BCUT2D eigenvalue weighted by Gasteiger charge is -2.25. The Kier molecular flexibility index (Phi) is 5.26. The number of rotatable bonds is 3. The van der Waals surface area contributed by atoms with Gasteiger partial charge in [-0.1, -0.05) is 118 Å². The van der Waals surface area contributed by atoms with E-state index in [1.165, 1.54) is 65.7 Å². The van der Waals surface area contributed by atoms with E-state index in [1.54, 1.807) is 0 Å². The summed E-state index contributed by atoms with van der Waals surface area (Å²) in [5.41, 5.74) is 11.3. The van der Waals surface area contributed by atoms with E-state index in [1.807, 2.05) is 0 Å². The summed E-state index contributed by atoms with van der Waals surface area (Å²) < 4.78 is 2.33. The second kappa shape index (κ2) is 9.14. The molecule has 0 N–H and O–H groups in total. The molecule has 0 bridgehead atoms. The molecule has 0 saturated carbocycles. The fourth-order valence-electron chi connectivity index (χ4n) is 7.97. The van der Waals surface area contributed by atoms with Crippen LogP contribution < -0.4 is 0 Å². The molecular formula is C42H32N2. The number of aromatic nitrogens is 2. The van der Waals surface area contributed by atoms with Gasteiger partial charge in [-0.2, -0.15) is 0 Å². The van der Waals surface area contributed by atoms with Gasteiger partial charge in [0.15, 0.2) is 0 Å². The summed E-state index contributed by atoms with van der Waals surface area (Å²) in [6, 6.07) is 46.9. The number of para-hydroxylation sites is 2. The van der Waals surface area contributed by atoms with E-state index < -0.39 is 0 Å². The van der Waals surface area contributed by atoms with E-state index in [-0.39, 0.29) is 5.41 Å². The molecule has 0 aliphatic heterocycles. The molecular weight excluding hydrogens is 532 g/mol. The highest BCUT2D eigenvalue weighted by Gasteiger charge is 2.40. The summed E-state index contributed by atoms with van der Waals surface area (Å²) in [7, 11) is 0. The summed E-state index contributed by atoms with van der Waals surface area (Å²) in [6.07, 6.45) is 0.870. The Bertz CT molecular complexity index is 2460. The van der Waals surface area contributed by atoms with Crippen LogP contribution in [0.25, 0.3) is 71.3 Å². The number of hydrogen-bond acceptors (Lipinski definition) is 1. The molecule has 0 atom stereocenters. The van der Waals surface area contributed by atoms with Crippen LogP contribution in [0.15, 0.2) is 127 Å². The highest BCUT2D eigenvalue weighted by atomic mass is 15.1. The maximum absolute atomic E-state index is 4.96. The van der Waals surface area contributed by atoms with Gasteiger partial charge in [0.25, 0.3) is 0 Å². The van der Waals surface area contributed by atoms with Crippen LogP contribution in [-0.2, 0) is 11.8 Å². The zero-order valence-electron chi connectivity index (χ0n) is 25.2. The van der Waals surface area contributed by atoms with Crippen molar-refractivity contribution in [1.82, 2.24) is 9.55 Å². The first-order valence-corrected chi connectivity index (χ1v) is 15.6. The van der Waals surface area contributed by atoms with E-state index in [2.05, 4.69) is 153 Å². The quantitative estimate of drug-likeness (QED) is 0.195. The molecule has 9 rings (SSSR count). The van der Waals surface area contributed by atoms with Crippen LogP contribution in [0.1, 0.15) is 37.7 Å². The summed E-state index contributed by atoms with van der Waals surface area (Å²) in [4.78, 5) is 4.96. The maximum Gasteiger partial charge on any atom is 0.114 e. The summed E-state index contributed by atoms with van der Waals surface area (Å²) in [5, 5.41) is 7.96. The molecule has 1 heterocycles. The smallest absolute Gasteiger partial charge is 0.114 e. The molecule has 1 aliphatic rings. The first-order valence-electron chi connectivity index (χ1n) is 15.6. The topological polar surface area (TPSA) is 17.8 Å². The Morgan fingerprint density at radius 1 is 0.591 bits per heavy atom. The first kappa shape index (κ1) is 25.3. The van der Waals surface area contributed by atoms with Gasteiger partial charge >= 0.3 is 0 Å². The predicted octanol–water partition coefficient (Wildman–Crippen LogP) is 11.0. The minimum atomic E-state index is -0.166. The van der Waals surface area contributed by atoms with Crippen molar-refractivity contribution in [2.45, 2.75) is 32.6 Å². The minimum Gasteiger partial charge on any atom is -0.296 e. The summed E-state index contributed by atoms with van der Waals surface area (Å²) in [5.74, 6) is 1.08. The van der Waals surface area contributed by atoms with Gasteiger partial charge in [0.05, 0.1) is 11.0 Å². The number of nitrogens with zero attached hydrogens (tertiary/aromatic N) is 2. The molecule has 0 fully saturated rings. The molecule has 8 aromatic rings. The van der Waals surface area contributed by atoms with Crippen LogP contribution in [0.4, 0.5) is 0 Å². The number of benzene rings is 7. The van der Waals surface area contributed by atoms with E-state index in [4.69, 9.17) is 4.98 Å². The monoisotopic (exact) mass is 564 g/mol. The van der Waals surface area contributed by atoms with Crippen LogP contribution in [-0.4, -0.2) is 9.55 Å². The Hall–Kier alpha value is -5.21. The van der Waals surface area contributed by atoms with Crippen molar-refractivity contribution >= 4 is 43.4 Å². The van der Waals surface area contributed by atoms with Crippen molar-refractivity contribution < 1.29 is 0 Å². The third-order valence-corrected chi connectivity index (χ3v) is 9.89. The number of imidazole rings is 1. The number of aryl methyl sites for hydroxylation is 1. The highest BCUT2D eigenvalue weighted by molar-refractivity contribution is 6.22. The van der Waals surface area contributed by atoms with E-state index in [0.717, 1.165) is 29.0 Å². The third kappa shape index (κ3) is 3.34. The lowest BCUT2D eigenvalue weighted by molar-refractivity contribution is 0.667. The van der Waals surface area contributed by atoms with Crippen molar-refractivity contribution in [2.24, 2.45) is 0 Å². The summed E-state index contributed by atoms with van der Waals surface area (Å²) >= 11 is 0. The summed E-state index contributed by atoms with van der Waals surface area (Å²) in [6.45, 7) is 7.01. The fourth-order valence-corrected chi connectivity index (χ4v) is 7.97. The molecule has 0 unspecified atom stereocenters. The van der Waals surface area contributed by atoms with Crippen LogP contribution in [0.3, 0.4) is 0 Å². The molecule has 44 heavy (non-hydrogen) atoms. The highest BCUT2D eigenvalue weighted by Crippen LogP contribution is 2.57. The average Bonchev–Trinajstić information content (AvgIpc) is 3.57. The van der Waals surface area contributed by atoms with Gasteiger partial charge in [0, 0.05) is 17.5 Å². The van der Waals surface area contributed by atoms with Crippen LogP contribution in [0.2, 0.25) is 0 Å². The molecule has 1 aromatic heterocycles.